The smallest absolute Gasteiger partial charge is 0.358 e. The number of carbonyl (C=O) groups is 2. The standard InChI is InChI=1S/C11H17N3O4/c1-7(9(15)18-11(2,3)4)14-8(6-12-13-14)10(16)17-5/h6-7H,1-5H3. The molecule has 0 bridgehead atoms. The molecule has 1 heterocycles. The van der Waals surface area contributed by atoms with E-state index in [2.05, 4.69) is 15.0 Å². The Labute approximate surface area is 105 Å². The van der Waals surface area contributed by atoms with Gasteiger partial charge in [-0.15, -0.1) is 5.10 Å². The summed E-state index contributed by atoms with van der Waals surface area (Å²) in [5.74, 6) is -1.09. The Morgan fingerprint density at radius 1 is 1.39 bits per heavy atom. The second kappa shape index (κ2) is 5.16. The second-order valence-corrected chi connectivity index (χ2v) is 4.76. The van der Waals surface area contributed by atoms with E-state index in [1.807, 2.05) is 0 Å². The Balaban J connectivity index is 2.91. The number of rotatable bonds is 3. The molecule has 1 aromatic heterocycles. The Bertz CT molecular complexity index is 447. The molecule has 0 aliphatic rings. The number of hydrogen-bond acceptors (Lipinski definition) is 6. The fourth-order valence-corrected chi connectivity index (χ4v) is 1.27. The molecule has 0 aromatic carbocycles. The Morgan fingerprint density at radius 2 is 2.00 bits per heavy atom. The average Bonchev–Trinajstić information content (AvgIpc) is 2.73. The summed E-state index contributed by atoms with van der Waals surface area (Å²) in [5.41, 5.74) is -0.493. The molecule has 0 radical (unpaired) electrons. The van der Waals surface area contributed by atoms with Crippen LogP contribution in [-0.2, 0) is 14.3 Å². The van der Waals surface area contributed by atoms with Crippen LogP contribution in [0.4, 0.5) is 0 Å². The van der Waals surface area contributed by atoms with E-state index in [-0.39, 0.29) is 5.69 Å². The van der Waals surface area contributed by atoms with Crippen molar-refractivity contribution in [1.82, 2.24) is 15.0 Å². The van der Waals surface area contributed by atoms with Gasteiger partial charge < -0.3 is 9.47 Å². The van der Waals surface area contributed by atoms with Crippen LogP contribution in [0.5, 0.6) is 0 Å². The summed E-state index contributed by atoms with van der Waals surface area (Å²) < 4.78 is 11.0. The first-order valence-corrected chi connectivity index (χ1v) is 5.47. The predicted molar refractivity (Wildman–Crippen MR) is 61.9 cm³/mol. The summed E-state index contributed by atoms with van der Waals surface area (Å²) in [5, 5.41) is 7.30. The number of esters is 2. The van der Waals surface area contributed by atoms with Gasteiger partial charge in [0.05, 0.1) is 13.3 Å². The maximum absolute atomic E-state index is 11.9. The highest BCUT2D eigenvalue weighted by Crippen LogP contribution is 2.15. The summed E-state index contributed by atoms with van der Waals surface area (Å²) in [7, 11) is 1.25. The topological polar surface area (TPSA) is 83.3 Å². The van der Waals surface area contributed by atoms with Crippen LogP contribution < -0.4 is 0 Å². The maximum atomic E-state index is 11.9. The summed E-state index contributed by atoms with van der Waals surface area (Å²) >= 11 is 0. The molecule has 0 aliphatic heterocycles. The lowest BCUT2D eigenvalue weighted by Crippen LogP contribution is -2.30. The molecular weight excluding hydrogens is 238 g/mol. The molecule has 0 saturated heterocycles. The van der Waals surface area contributed by atoms with E-state index in [1.165, 1.54) is 18.0 Å². The third kappa shape index (κ3) is 3.28. The normalized spacial score (nSPS) is 12.9. The first-order valence-electron chi connectivity index (χ1n) is 5.47. The van der Waals surface area contributed by atoms with Gasteiger partial charge in [-0.1, -0.05) is 5.21 Å². The minimum Gasteiger partial charge on any atom is -0.464 e. The van der Waals surface area contributed by atoms with Gasteiger partial charge in [-0.2, -0.15) is 0 Å². The number of hydrogen-bond donors (Lipinski definition) is 0. The quantitative estimate of drug-likeness (QED) is 0.748. The van der Waals surface area contributed by atoms with Gasteiger partial charge in [0.15, 0.2) is 5.69 Å². The highest BCUT2D eigenvalue weighted by molar-refractivity contribution is 5.87. The molecule has 7 nitrogen and oxygen atoms in total. The van der Waals surface area contributed by atoms with Crippen molar-refractivity contribution < 1.29 is 19.1 Å². The SMILES string of the molecule is COC(=O)c1cnnn1C(C)C(=O)OC(C)(C)C. The third-order valence-corrected chi connectivity index (χ3v) is 2.08. The molecule has 0 saturated carbocycles. The second-order valence-electron chi connectivity index (χ2n) is 4.76. The molecule has 0 aliphatic carbocycles. The van der Waals surface area contributed by atoms with Crippen molar-refractivity contribution in [1.29, 1.82) is 0 Å². The highest BCUT2D eigenvalue weighted by atomic mass is 16.6. The van der Waals surface area contributed by atoms with Gasteiger partial charge in [0.2, 0.25) is 0 Å². The average molecular weight is 255 g/mol. The van der Waals surface area contributed by atoms with E-state index in [4.69, 9.17) is 4.74 Å². The van der Waals surface area contributed by atoms with E-state index in [1.54, 1.807) is 27.7 Å². The molecule has 1 unspecified atom stereocenters. The van der Waals surface area contributed by atoms with Crippen molar-refractivity contribution in [2.24, 2.45) is 0 Å². The monoisotopic (exact) mass is 255 g/mol. The van der Waals surface area contributed by atoms with Gasteiger partial charge in [0.25, 0.3) is 0 Å². The van der Waals surface area contributed by atoms with Crippen LogP contribution in [0.3, 0.4) is 0 Å². The minimum absolute atomic E-state index is 0.107. The van der Waals surface area contributed by atoms with Crippen molar-refractivity contribution in [3.8, 4) is 0 Å². The third-order valence-electron chi connectivity index (χ3n) is 2.08. The van der Waals surface area contributed by atoms with E-state index >= 15 is 0 Å². The van der Waals surface area contributed by atoms with Gasteiger partial charge in [0.1, 0.15) is 11.6 Å². The molecule has 100 valence electrons. The molecule has 0 N–H and O–H groups in total. The fourth-order valence-electron chi connectivity index (χ4n) is 1.27. The predicted octanol–water partition coefficient (Wildman–Crippen LogP) is 0.967. The lowest BCUT2D eigenvalue weighted by molar-refractivity contribution is -0.158. The largest absolute Gasteiger partial charge is 0.464 e. The van der Waals surface area contributed by atoms with Gasteiger partial charge in [-0.05, 0) is 27.7 Å². The minimum atomic E-state index is -0.749. The Hall–Kier alpha value is -1.92. The summed E-state index contributed by atoms with van der Waals surface area (Å²) in [6.45, 7) is 6.87. The molecule has 18 heavy (non-hydrogen) atoms. The molecular formula is C11H17N3O4. The van der Waals surface area contributed by atoms with Crippen LogP contribution in [0, 0.1) is 0 Å². The van der Waals surface area contributed by atoms with Crippen LogP contribution in [-0.4, -0.2) is 39.6 Å². The molecule has 0 fully saturated rings. The van der Waals surface area contributed by atoms with Crippen molar-refractivity contribution in [3.05, 3.63) is 11.9 Å². The molecule has 1 aromatic rings. The van der Waals surface area contributed by atoms with Gasteiger partial charge in [-0.3, -0.25) is 0 Å². The fraction of sp³-hybridized carbons (Fsp3) is 0.636. The summed E-state index contributed by atoms with van der Waals surface area (Å²) in [4.78, 5) is 23.3. The van der Waals surface area contributed by atoms with Crippen LogP contribution in [0.1, 0.15) is 44.2 Å². The van der Waals surface area contributed by atoms with Crippen LogP contribution in [0.15, 0.2) is 6.20 Å². The van der Waals surface area contributed by atoms with E-state index in [0.717, 1.165) is 0 Å². The lowest BCUT2D eigenvalue weighted by Gasteiger charge is -2.22. The van der Waals surface area contributed by atoms with Gasteiger partial charge >= 0.3 is 11.9 Å². The van der Waals surface area contributed by atoms with Crippen LogP contribution >= 0.6 is 0 Å². The highest BCUT2D eigenvalue weighted by Gasteiger charge is 2.27. The molecule has 1 atom stereocenters. The van der Waals surface area contributed by atoms with Crippen LogP contribution in [0.2, 0.25) is 0 Å². The number of methoxy groups -OCH3 is 1. The van der Waals surface area contributed by atoms with E-state index in [9.17, 15) is 9.59 Å². The molecule has 0 amide bonds. The number of carbonyl (C=O) groups excluding carboxylic acids is 2. The Morgan fingerprint density at radius 3 is 2.50 bits per heavy atom. The number of nitrogens with zero attached hydrogens (tertiary/aromatic N) is 3. The molecule has 0 spiro atoms. The summed E-state index contributed by atoms with van der Waals surface area (Å²) in [6.07, 6.45) is 1.24. The first-order chi connectivity index (χ1) is 8.26. The summed E-state index contributed by atoms with van der Waals surface area (Å²) in [6, 6.07) is -0.749. The lowest BCUT2D eigenvalue weighted by atomic mass is 10.2. The maximum Gasteiger partial charge on any atom is 0.358 e. The zero-order valence-corrected chi connectivity index (χ0v) is 11.1. The number of aromatic nitrogens is 3. The van der Waals surface area contributed by atoms with E-state index < -0.39 is 23.6 Å². The van der Waals surface area contributed by atoms with Gasteiger partial charge in [-0.25, -0.2) is 14.3 Å². The van der Waals surface area contributed by atoms with Crippen molar-refractivity contribution in [3.63, 3.8) is 0 Å². The first kappa shape index (κ1) is 14.1. The van der Waals surface area contributed by atoms with Crippen molar-refractivity contribution in [2.45, 2.75) is 39.3 Å². The number of ether oxygens (including phenoxy) is 2. The van der Waals surface area contributed by atoms with Crippen molar-refractivity contribution in [2.75, 3.05) is 7.11 Å². The van der Waals surface area contributed by atoms with Crippen LogP contribution in [0.25, 0.3) is 0 Å². The zero-order chi connectivity index (χ0) is 13.9. The molecule has 1 rings (SSSR count). The van der Waals surface area contributed by atoms with Crippen molar-refractivity contribution >= 4 is 11.9 Å². The molecule has 7 heteroatoms. The Kier molecular flexibility index (Phi) is 4.05. The van der Waals surface area contributed by atoms with E-state index in [0.29, 0.717) is 0 Å². The zero-order valence-electron chi connectivity index (χ0n) is 11.1. The van der Waals surface area contributed by atoms with Gasteiger partial charge in [0, 0.05) is 0 Å².